The summed E-state index contributed by atoms with van der Waals surface area (Å²) in [6.45, 7) is 5.22. The van der Waals surface area contributed by atoms with Crippen LogP contribution in [-0.2, 0) is 4.79 Å². The SMILES string of the molecule is Cc1cc(C(=O)NC(C)(C)CCC(=O)O)no1. The van der Waals surface area contributed by atoms with Crippen LogP contribution in [0.15, 0.2) is 10.6 Å². The van der Waals surface area contributed by atoms with Crippen molar-refractivity contribution in [1.29, 1.82) is 0 Å². The molecule has 1 amide bonds. The van der Waals surface area contributed by atoms with Gasteiger partial charge < -0.3 is 14.9 Å². The summed E-state index contributed by atoms with van der Waals surface area (Å²) in [6.07, 6.45) is 0.357. The summed E-state index contributed by atoms with van der Waals surface area (Å²) in [7, 11) is 0. The number of aromatic nitrogens is 1. The fraction of sp³-hybridized carbons (Fsp3) is 0.545. The standard InChI is InChI=1S/C11H16N2O4/c1-7-6-8(13-17-7)10(16)12-11(2,3)5-4-9(14)15/h6H,4-5H2,1-3H3,(H,12,16)(H,14,15). The van der Waals surface area contributed by atoms with Gasteiger partial charge in [0.2, 0.25) is 0 Å². The van der Waals surface area contributed by atoms with Crippen LogP contribution in [-0.4, -0.2) is 27.7 Å². The summed E-state index contributed by atoms with van der Waals surface area (Å²) >= 11 is 0. The molecule has 0 aromatic carbocycles. The summed E-state index contributed by atoms with van der Waals surface area (Å²) in [5, 5.41) is 14.9. The molecule has 0 fully saturated rings. The number of carboxylic acids is 1. The van der Waals surface area contributed by atoms with Gasteiger partial charge in [-0.05, 0) is 27.2 Å². The van der Waals surface area contributed by atoms with Crippen molar-refractivity contribution in [3.05, 3.63) is 17.5 Å². The maximum atomic E-state index is 11.7. The lowest BCUT2D eigenvalue weighted by Crippen LogP contribution is -2.43. The fourth-order valence-corrected chi connectivity index (χ4v) is 1.33. The van der Waals surface area contributed by atoms with Crippen LogP contribution >= 0.6 is 0 Å². The predicted molar refractivity (Wildman–Crippen MR) is 59.7 cm³/mol. The Morgan fingerprint density at radius 3 is 2.65 bits per heavy atom. The number of rotatable bonds is 5. The maximum absolute atomic E-state index is 11.7. The number of carbonyl (C=O) groups excluding carboxylic acids is 1. The maximum Gasteiger partial charge on any atom is 0.303 e. The number of carboxylic acid groups (broad SMARTS) is 1. The first-order valence-electron chi connectivity index (χ1n) is 5.28. The monoisotopic (exact) mass is 240 g/mol. The highest BCUT2D eigenvalue weighted by molar-refractivity contribution is 5.92. The Morgan fingerprint density at radius 2 is 2.18 bits per heavy atom. The third-order valence-electron chi connectivity index (χ3n) is 2.28. The summed E-state index contributed by atoms with van der Waals surface area (Å²) in [6, 6.07) is 1.53. The first-order valence-corrected chi connectivity index (χ1v) is 5.28. The van der Waals surface area contributed by atoms with Crippen LogP contribution in [0.4, 0.5) is 0 Å². The van der Waals surface area contributed by atoms with Crippen molar-refractivity contribution >= 4 is 11.9 Å². The van der Waals surface area contributed by atoms with Crippen molar-refractivity contribution in [2.45, 2.75) is 39.2 Å². The Balaban J connectivity index is 2.58. The van der Waals surface area contributed by atoms with Crippen molar-refractivity contribution in [3.63, 3.8) is 0 Å². The second-order valence-corrected chi connectivity index (χ2v) is 4.55. The number of nitrogens with one attached hydrogen (secondary N) is 1. The van der Waals surface area contributed by atoms with Crippen molar-refractivity contribution in [2.75, 3.05) is 0 Å². The van der Waals surface area contributed by atoms with Crippen molar-refractivity contribution in [2.24, 2.45) is 0 Å². The number of carbonyl (C=O) groups is 2. The summed E-state index contributed by atoms with van der Waals surface area (Å²) < 4.78 is 4.79. The van der Waals surface area contributed by atoms with E-state index in [0.717, 1.165) is 0 Å². The lowest BCUT2D eigenvalue weighted by molar-refractivity contribution is -0.137. The van der Waals surface area contributed by atoms with Gasteiger partial charge in [0.05, 0.1) is 0 Å². The average molecular weight is 240 g/mol. The quantitative estimate of drug-likeness (QED) is 0.810. The fourth-order valence-electron chi connectivity index (χ4n) is 1.33. The molecule has 0 bridgehead atoms. The lowest BCUT2D eigenvalue weighted by Gasteiger charge is -2.24. The molecule has 0 saturated carbocycles. The Morgan fingerprint density at radius 1 is 1.53 bits per heavy atom. The highest BCUT2D eigenvalue weighted by atomic mass is 16.5. The molecular weight excluding hydrogens is 224 g/mol. The zero-order valence-corrected chi connectivity index (χ0v) is 10.1. The zero-order valence-electron chi connectivity index (χ0n) is 10.1. The van der Waals surface area contributed by atoms with E-state index < -0.39 is 11.5 Å². The lowest BCUT2D eigenvalue weighted by atomic mass is 9.98. The van der Waals surface area contributed by atoms with Gasteiger partial charge in [-0.25, -0.2) is 0 Å². The molecule has 0 aliphatic heterocycles. The molecule has 6 nitrogen and oxygen atoms in total. The second kappa shape index (κ2) is 4.99. The Kier molecular flexibility index (Phi) is 3.88. The number of nitrogens with zero attached hydrogens (tertiary/aromatic N) is 1. The van der Waals surface area contributed by atoms with Crippen molar-refractivity contribution < 1.29 is 19.2 Å². The van der Waals surface area contributed by atoms with Crippen LogP contribution in [0, 0.1) is 6.92 Å². The Bertz CT molecular complexity index is 423. The molecule has 1 heterocycles. The van der Waals surface area contributed by atoms with Gasteiger partial charge in [0.25, 0.3) is 5.91 Å². The van der Waals surface area contributed by atoms with Gasteiger partial charge in [0.15, 0.2) is 5.69 Å². The van der Waals surface area contributed by atoms with E-state index in [1.807, 2.05) is 0 Å². The summed E-state index contributed by atoms with van der Waals surface area (Å²) in [4.78, 5) is 22.2. The molecule has 0 spiro atoms. The minimum atomic E-state index is -0.885. The molecule has 1 rings (SSSR count). The minimum Gasteiger partial charge on any atom is -0.481 e. The van der Waals surface area contributed by atoms with E-state index in [-0.39, 0.29) is 18.0 Å². The number of aliphatic carboxylic acids is 1. The van der Waals surface area contributed by atoms with Crippen molar-refractivity contribution in [3.8, 4) is 0 Å². The van der Waals surface area contributed by atoms with Crippen LogP contribution in [0.5, 0.6) is 0 Å². The smallest absolute Gasteiger partial charge is 0.303 e. The van der Waals surface area contributed by atoms with E-state index in [9.17, 15) is 9.59 Å². The Labute approximate surface area is 99.0 Å². The molecule has 2 N–H and O–H groups in total. The largest absolute Gasteiger partial charge is 0.481 e. The predicted octanol–water partition coefficient (Wildman–Crippen LogP) is 1.36. The zero-order chi connectivity index (χ0) is 13.1. The molecule has 17 heavy (non-hydrogen) atoms. The van der Waals surface area contributed by atoms with E-state index in [0.29, 0.717) is 12.2 Å². The van der Waals surface area contributed by atoms with E-state index in [4.69, 9.17) is 9.63 Å². The van der Waals surface area contributed by atoms with Crippen LogP contribution in [0.1, 0.15) is 42.9 Å². The molecule has 0 saturated heterocycles. The number of aryl methyl sites for hydroxylation is 1. The van der Waals surface area contributed by atoms with E-state index in [1.54, 1.807) is 20.8 Å². The second-order valence-electron chi connectivity index (χ2n) is 4.55. The van der Waals surface area contributed by atoms with Crippen LogP contribution in [0.25, 0.3) is 0 Å². The third-order valence-corrected chi connectivity index (χ3v) is 2.28. The molecule has 0 radical (unpaired) electrons. The molecule has 0 atom stereocenters. The molecule has 0 aliphatic rings. The van der Waals surface area contributed by atoms with Crippen LogP contribution in [0.3, 0.4) is 0 Å². The highest BCUT2D eigenvalue weighted by Gasteiger charge is 2.23. The molecule has 0 aliphatic carbocycles. The highest BCUT2D eigenvalue weighted by Crippen LogP contribution is 2.12. The first-order chi connectivity index (χ1) is 7.80. The molecule has 1 aromatic heterocycles. The summed E-state index contributed by atoms with van der Waals surface area (Å²) in [5.41, 5.74) is -0.395. The first kappa shape index (κ1) is 13.2. The molecule has 1 aromatic rings. The normalized spacial score (nSPS) is 11.2. The van der Waals surface area contributed by atoms with Crippen molar-refractivity contribution in [1.82, 2.24) is 10.5 Å². The van der Waals surface area contributed by atoms with Gasteiger partial charge in [-0.1, -0.05) is 5.16 Å². The number of hydrogen-bond donors (Lipinski definition) is 2. The molecule has 0 unspecified atom stereocenters. The van der Waals surface area contributed by atoms with Crippen LogP contribution in [0.2, 0.25) is 0 Å². The Hall–Kier alpha value is -1.85. The number of hydrogen-bond acceptors (Lipinski definition) is 4. The van der Waals surface area contributed by atoms with E-state index in [2.05, 4.69) is 10.5 Å². The van der Waals surface area contributed by atoms with Gasteiger partial charge in [0, 0.05) is 18.0 Å². The van der Waals surface area contributed by atoms with Gasteiger partial charge in [0.1, 0.15) is 5.76 Å². The van der Waals surface area contributed by atoms with E-state index >= 15 is 0 Å². The van der Waals surface area contributed by atoms with Gasteiger partial charge in [-0.2, -0.15) is 0 Å². The molecular formula is C11H16N2O4. The van der Waals surface area contributed by atoms with Gasteiger partial charge >= 0.3 is 5.97 Å². The molecule has 6 heteroatoms. The topological polar surface area (TPSA) is 92.4 Å². The molecule has 94 valence electrons. The average Bonchev–Trinajstić information content (AvgIpc) is 2.61. The van der Waals surface area contributed by atoms with Gasteiger partial charge in [-0.3, -0.25) is 9.59 Å². The third kappa shape index (κ3) is 4.26. The van der Waals surface area contributed by atoms with E-state index in [1.165, 1.54) is 6.07 Å². The number of amides is 1. The van der Waals surface area contributed by atoms with Crippen LogP contribution < -0.4 is 5.32 Å². The minimum absolute atomic E-state index is 0.00508. The van der Waals surface area contributed by atoms with Gasteiger partial charge in [-0.15, -0.1) is 0 Å². The summed E-state index contributed by atoms with van der Waals surface area (Å²) in [5.74, 6) is -0.694.